The summed E-state index contributed by atoms with van der Waals surface area (Å²) in [5, 5.41) is 7.43. The van der Waals surface area contributed by atoms with Crippen molar-refractivity contribution >= 4 is 40.8 Å². The molecule has 1 aliphatic rings. The molecule has 0 aliphatic carbocycles. The van der Waals surface area contributed by atoms with E-state index in [1.165, 1.54) is 24.3 Å². The molecule has 5 atom stereocenters. The van der Waals surface area contributed by atoms with Gasteiger partial charge in [-0.3, -0.25) is 10.2 Å². The van der Waals surface area contributed by atoms with Gasteiger partial charge in [-0.15, -0.1) is 0 Å². The SMILES string of the molecule is CC(=O)O[C@H]1[C@@H](OC(=O)c2ccccc2)[C@H](OC(=O)c2ccccc2)[C@@H](COC(=O)c2ccccc2)O[C@@H]1SC(=N)N. The summed E-state index contributed by atoms with van der Waals surface area (Å²) in [6.45, 7) is 0.700. The van der Waals surface area contributed by atoms with Gasteiger partial charge in [0.25, 0.3) is 0 Å². The molecule has 1 aliphatic heterocycles. The number of thioether (sulfide) groups is 1. The largest absolute Gasteiger partial charge is 0.459 e. The number of hydrogen-bond donors (Lipinski definition) is 2. The Morgan fingerprint density at radius 2 is 1.17 bits per heavy atom. The Kier molecular flexibility index (Phi) is 10.3. The second-order valence-corrected chi connectivity index (χ2v) is 10.2. The lowest BCUT2D eigenvalue weighted by Crippen LogP contribution is -2.62. The highest BCUT2D eigenvalue weighted by Crippen LogP contribution is 2.35. The Bertz CT molecular complexity index is 1410. The number of rotatable bonds is 9. The van der Waals surface area contributed by atoms with Gasteiger partial charge in [0, 0.05) is 6.92 Å². The molecular formula is C30H28N2O9S. The molecule has 3 aromatic carbocycles. The molecule has 3 aromatic rings. The lowest BCUT2D eigenvalue weighted by molar-refractivity contribution is -0.218. The van der Waals surface area contributed by atoms with E-state index in [1.807, 2.05) is 0 Å². The first-order valence-corrected chi connectivity index (χ1v) is 13.7. The fourth-order valence-electron chi connectivity index (χ4n) is 4.17. The first kappa shape index (κ1) is 30.3. The fourth-order valence-corrected chi connectivity index (χ4v) is 4.97. The van der Waals surface area contributed by atoms with Gasteiger partial charge in [-0.05, 0) is 36.4 Å². The highest BCUT2D eigenvalue weighted by atomic mass is 32.2. The van der Waals surface area contributed by atoms with Crippen LogP contribution in [0.1, 0.15) is 38.0 Å². The van der Waals surface area contributed by atoms with E-state index in [1.54, 1.807) is 66.7 Å². The standard InChI is InChI=1S/C30H28N2O9S/c1-18(33)38-25-24(41-28(36)21-15-9-4-10-16-21)23(40-27(35)20-13-7-3-8-14-20)22(39-29(25)42-30(31)32)17-37-26(34)19-11-5-2-6-12-19/h2-16,22-25,29H,17H2,1H3,(H3,31,32)/t22-,23-,24+,25+,29-/m1/s1. The van der Waals surface area contributed by atoms with Crippen molar-refractivity contribution < 1.29 is 42.9 Å². The molecule has 218 valence electrons. The third-order valence-electron chi connectivity index (χ3n) is 6.03. The van der Waals surface area contributed by atoms with Gasteiger partial charge < -0.3 is 29.4 Å². The average Bonchev–Trinajstić information content (AvgIpc) is 2.99. The van der Waals surface area contributed by atoms with Gasteiger partial charge in [-0.2, -0.15) is 0 Å². The molecule has 0 spiro atoms. The van der Waals surface area contributed by atoms with E-state index in [2.05, 4.69) is 0 Å². The molecule has 0 bridgehead atoms. The Morgan fingerprint density at radius 3 is 1.62 bits per heavy atom. The summed E-state index contributed by atoms with van der Waals surface area (Å²) in [4.78, 5) is 51.4. The number of nitrogens with one attached hydrogen (secondary N) is 1. The van der Waals surface area contributed by atoms with Crippen LogP contribution in [0.3, 0.4) is 0 Å². The summed E-state index contributed by atoms with van der Waals surface area (Å²) < 4.78 is 28.7. The van der Waals surface area contributed by atoms with Gasteiger partial charge in [-0.25, -0.2) is 14.4 Å². The number of ether oxygens (including phenoxy) is 5. The maximum absolute atomic E-state index is 13.2. The lowest BCUT2D eigenvalue weighted by Gasteiger charge is -2.44. The molecule has 0 radical (unpaired) electrons. The van der Waals surface area contributed by atoms with Gasteiger partial charge in [-0.1, -0.05) is 66.4 Å². The predicted molar refractivity (Wildman–Crippen MR) is 152 cm³/mol. The maximum atomic E-state index is 13.2. The van der Waals surface area contributed by atoms with Crippen LogP contribution < -0.4 is 5.73 Å². The second-order valence-electron chi connectivity index (χ2n) is 9.04. The zero-order valence-electron chi connectivity index (χ0n) is 22.4. The molecule has 1 fully saturated rings. The Balaban J connectivity index is 1.71. The van der Waals surface area contributed by atoms with Crippen LogP contribution in [0.2, 0.25) is 0 Å². The van der Waals surface area contributed by atoms with Crippen molar-refractivity contribution in [1.82, 2.24) is 0 Å². The maximum Gasteiger partial charge on any atom is 0.338 e. The van der Waals surface area contributed by atoms with Crippen LogP contribution in [0, 0.1) is 5.41 Å². The van der Waals surface area contributed by atoms with E-state index in [4.69, 9.17) is 34.8 Å². The second kappa shape index (κ2) is 14.3. The van der Waals surface area contributed by atoms with Crippen LogP contribution in [-0.4, -0.2) is 65.5 Å². The topological polar surface area (TPSA) is 164 Å². The number of esters is 4. The normalized spacial score (nSPS) is 21.4. The molecule has 4 rings (SSSR count). The number of nitrogens with two attached hydrogens (primary N) is 1. The van der Waals surface area contributed by atoms with Crippen molar-refractivity contribution in [2.24, 2.45) is 5.73 Å². The van der Waals surface area contributed by atoms with Gasteiger partial charge in [0.15, 0.2) is 28.9 Å². The van der Waals surface area contributed by atoms with Crippen molar-refractivity contribution in [3.8, 4) is 0 Å². The van der Waals surface area contributed by atoms with Crippen molar-refractivity contribution in [3.63, 3.8) is 0 Å². The summed E-state index contributed by atoms with van der Waals surface area (Å²) >= 11 is 0.693. The van der Waals surface area contributed by atoms with Gasteiger partial charge in [0.05, 0.1) is 16.7 Å². The van der Waals surface area contributed by atoms with Crippen LogP contribution >= 0.6 is 11.8 Å². The van der Waals surface area contributed by atoms with Gasteiger partial charge >= 0.3 is 23.9 Å². The highest BCUT2D eigenvalue weighted by Gasteiger charge is 2.53. The molecule has 0 amide bonds. The first-order chi connectivity index (χ1) is 20.2. The van der Waals surface area contributed by atoms with Crippen LogP contribution in [0.5, 0.6) is 0 Å². The summed E-state index contributed by atoms with van der Waals surface area (Å²) in [5.41, 5.74) is 5.09. The molecule has 0 unspecified atom stereocenters. The molecule has 11 nitrogen and oxygen atoms in total. The molecule has 1 heterocycles. The predicted octanol–water partition coefficient (Wildman–Crippen LogP) is 3.58. The zero-order chi connectivity index (χ0) is 30.1. The smallest absolute Gasteiger partial charge is 0.338 e. The number of carbonyl (C=O) groups is 4. The zero-order valence-corrected chi connectivity index (χ0v) is 23.2. The third-order valence-corrected chi connectivity index (χ3v) is 6.90. The molecule has 1 saturated heterocycles. The molecule has 42 heavy (non-hydrogen) atoms. The molecule has 0 aromatic heterocycles. The van der Waals surface area contributed by atoms with E-state index >= 15 is 0 Å². The van der Waals surface area contributed by atoms with E-state index in [-0.39, 0.29) is 21.9 Å². The first-order valence-electron chi connectivity index (χ1n) is 12.8. The summed E-state index contributed by atoms with van der Waals surface area (Å²) in [7, 11) is 0. The van der Waals surface area contributed by atoms with Crippen molar-refractivity contribution in [3.05, 3.63) is 108 Å². The van der Waals surface area contributed by atoms with Crippen LogP contribution in [-0.2, 0) is 28.5 Å². The number of hydrogen-bond acceptors (Lipinski definition) is 11. The number of amidine groups is 1. The van der Waals surface area contributed by atoms with E-state index < -0.39 is 60.3 Å². The van der Waals surface area contributed by atoms with Gasteiger partial charge in [0.1, 0.15) is 12.7 Å². The van der Waals surface area contributed by atoms with E-state index in [9.17, 15) is 19.2 Å². The molecule has 3 N–H and O–H groups in total. The third kappa shape index (κ3) is 7.95. The summed E-state index contributed by atoms with van der Waals surface area (Å²) in [6, 6.07) is 24.3. The van der Waals surface area contributed by atoms with E-state index in [0.29, 0.717) is 11.8 Å². The summed E-state index contributed by atoms with van der Waals surface area (Å²) in [6.07, 6.45) is -5.44. The highest BCUT2D eigenvalue weighted by molar-refractivity contribution is 8.14. The lowest BCUT2D eigenvalue weighted by atomic mass is 9.98. The number of benzene rings is 3. The van der Waals surface area contributed by atoms with Gasteiger partial charge in [0.2, 0.25) is 0 Å². The van der Waals surface area contributed by atoms with Crippen LogP contribution in [0.25, 0.3) is 0 Å². The monoisotopic (exact) mass is 592 g/mol. The Hall–Kier alpha value is -4.68. The fraction of sp³-hybridized carbons (Fsp3) is 0.233. The molecule has 12 heteroatoms. The Labute approximate surface area is 245 Å². The molecule has 0 saturated carbocycles. The summed E-state index contributed by atoms with van der Waals surface area (Å²) in [5.74, 6) is -3.01. The minimum absolute atomic E-state index is 0.182. The molecular weight excluding hydrogens is 564 g/mol. The average molecular weight is 593 g/mol. The number of carbonyl (C=O) groups excluding carboxylic acids is 4. The minimum Gasteiger partial charge on any atom is -0.459 e. The van der Waals surface area contributed by atoms with Crippen LogP contribution in [0.15, 0.2) is 91.0 Å². The van der Waals surface area contributed by atoms with Crippen LogP contribution in [0.4, 0.5) is 0 Å². The minimum atomic E-state index is -1.44. The van der Waals surface area contributed by atoms with Crippen molar-refractivity contribution in [1.29, 1.82) is 5.41 Å². The van der Waals surface area contributed by atoms with Crippen molar-refractivity contribution in [2.75, 3.05) is 6.61 Å². The van der Waals surface area contributed by atoms with Crippen molar-refractivity contribution in [2.45, 2.75) is 36.8 Å². The van der Waals surface area contributed by atoms with E-state index in [0.717, 1.165) is 6.92 Å². The Morgan fingerprint density at radius 1 is 0.714 bits per heavy atom. The quantitative estimate of drug-likeness (QED) is 0.161.